The van der Waals surface area contributed by atoms with E-state index in [1.807, 2.05) is 48.8 Å². The van der Waals surface area contributed by atoms with Crippen LogP contribution in [0.1, 0.15) is 47.2 Å². The van der Waals surface area contributed by atoms with Crippen LogP contribution in [0.15, 0.2) is 54.9 Å². The molecule has 40 heavy (non-hydrogen) atoms. The van der Waals surface area contributed by atoms with Crippen molar-refractivity contribution in [1.82, 2.24) is 25.5 Å². The minimum absolute atomic E-state index is 0.139. The van der Waals surface area contributed by atoms with Gasteiger partial charge in [0.1, 0.15) is 11.9 Å². The molecule has 1 unspecified atom stereocenters. The van der Waals surface area contributed by atoms with Crippen LogP contribution in [0.5, 0.6) is 0 Å². The number of carbonyl (C=O) groups is 3. The molecule has 0 radical (unpaired) electrons. The molecule has 2 aromatic carbocycles. The second-order valence-electron chi connectivity index (χ2n) is 10.7. The zero-order valence-electron chi connectivity index (χ0n) is 22.1. The molecule has 206 valence electrons. The van der Waals surface area contributed by atoms with Crippen LogP contribution in [0.4, 0.5) is 5.82 Å². The molecule has 1 atom stereocenters. The summed E-state index contributed by atoms with van der Waals surface area (Å²) in [6.07, 6.45) is 6.43. The lowest BCUT2D eigenvalue weighted by Crippen LogP contribution is -2.52. The molecule has 0 bridgehead atoms. The lowest BCUT2D eigenvalue weighted by Gasteiger charge is -2.32. The summed E-state index contributed by atoms with van der Waals surface area (Å²) in [5.74, 6) is 0.679. The molecule has 3 aliphatic heterocycles. The zero-order chi connectivity index (χ0) is 27.6. The van der Waals surface area contributed by atoms with Gasteiger partial charge in [0.2, 0.25) is 11.8 Å². The van der Waals surface area contributed by atoms with Crippen LogP contribution in [0, 0.1) is 5.92 Å². The molecule has 9 nitrogen and oxygen atoms in total. The van der Waals surface area contributed by atoms with E-state index in [9.17, 15) is 14.4 Å². The van der Waals surface area contributed by atoms with Gasteiger partial charge in [-0.1, -0.05) is 35.9 Å². The van der Waals surface area contributed by atoms with Gasteiger partial charge in [-0.05, 0) is 61.1 Å². The highest BCUT2D eigenvalue weighted by Crippen LogP contribution is 2.29. The Hall–Kier alpha value is -3.82. The molecule has 3 aromatic rings. The molecule has 3 aliphatic rings. The molecule has 0 saturated carbocycles. The summed E-state index contributed by atoms with van der Waals surface area (Å²) in [6, 6.07) is 12.9. The molecule has 0 spiro atoms. The molecule has 2 saturated heterocycles. The van der Waals surface area contributed by atoms with E-state index in [1.54, 1.807) is 4.90 Å². The maximum atomic E-state index is 12.9. The summed E-state index contributed by atoms with van der Waals surface area (Å²) in [6.45, 7) is 3.92. The largest absolute Gasteiger partial charge is 0.355 e. The van der Waals surface area contributed by atoms with E-state index in [1.165, 1.54) is 0 Å². The molecular formula is C30H31ClN6O3. The summed E-state index contributed by atoms with van der Waals surface area (Å²) in [5.41, 5.74) is 4.46. The third kappa shape index (κ3) is 5.57. The average molecular weight is 559 g/mol. The SMILES string of the molecule is O=C1CCC(N2Cc3cc(CNCC4CCN(c5cnc(-c6cccc(Cl)c6)cn5)CC4)ccc3C2=O)C(=O)N1. The van der Waals surface area contributed by atoms with E-state index in [0.29, 0.717) is 29.5 Å². The molecule has 3 amide bonds. The summed E-state index contributed by atoms with van der Waals surface area (Å²) < 4.78 is 0. The number of nitrogens with one attached hydrogen (secondary N) is 2. The fourth-order valence-corrected chi connectivity index (χ4v) is 6.00. The van der Waals surface area contributed by atoms with Gasteiger partial charge >= 0.3 is 0 Å². The monoisotopic (exact) mass is 558 g/mol. The Balaban J connectivity index is 0.973. The lowest BCUT2D eigenvalue weighted by molar-refractivity contribution is -0.136. The predicted molar refractivity (Wildman–Crippen MR) is 152 cm³/mol. The van der Waals surface area contributed by atoms with Crippen molar-refractivity contribution >= 4 is 35.1 Å². The number of benzene rings is 2. The summed E-state index contributed by atoms with van der Waals surface area (Å²) in [5, 5.41) is 6.62. The number of carbonyl (C=O) groups excluding carboxylic acids is 3. The van der Waals surface area contributed by atoms with Crippen LogP contribution >= 0.6 is 11.6 Å². The first-order valence-electron chi connectivity index (χ1n) is 13.7. The number of piperidine rings is 2. The van der Waals surface area contributed by atoms with Crippen molar-refractivity contribution in [2.75, 3.05) is 24.5 Å². The van der Waals surface area contributed by atoms with E-state index in [-0.39, 0.29) is 24.1 Å². The average Bonchev–Trinajstić information content (AvgIpc) is 3.29. The van der Waals surface area contributed by atoms with Gasteiger partial charge in [0.15, 0.2) is 0 Å². The van der Waals surface area contributed by atoms with Gasteiger partial charge in [0, 0.05) is 48.7 Å². The first-order valence-corrected chi connectivity index (χ1v) is 14.1. The third-order valence-corrected chi connectivity index (χ3v) is 8.28. The van der Waals surface area contributed by atoms with E-state index >= 15 is 0 Å². The van der Waals surface area contributed by atoms with Crippen LogP contribution in [0.3, 0.4) is 0 Å². The van der Waals surface area contributed by atoms with Gasteiger partial charge in [-0.25, -0.2) is 4.98 Å². The zero-order valence-corrected chi connectivity index (χ0v) is 22.9. The molecule has 0 aliphatic carbocycles. The topological polar surface area (TPSA) is 108 Å². The Bertz CT molecular complexity index is 1440. The van der Waals surface area contributed by atoms with Crippen molar-refractivity contribution in [3.8, 4) is 11.3 Å². The van der Waals surface area contributed by atoms with E-state index < -0.39 is 6.04 Å². The van der Waals surface area contributed by atoms with Crippen LogP contribution in [-0.2, 0) is 22.7 Å². The molecule has 6 rings (SSSR count). The van der Waals surface area contributed by atoms with E-state index in [4.69, 9.17) is 11.6 Å². The highest BCUT2D eigenvalue weighted by molar-refractivity contribution is 6.30. The number of amides is 3. The minimum atomic E-state index is -0.586. The molecule has 2 N–H and O–H groups in total. The van der Waals surface area contributed by atoms with Crippen molar-refractivity contribution in [2.45, 2.75) is 44.8 Å². The maximum absolute atomic E-state index is 12.9. The van der Waals surface area contributed by atoms with Gasteiger partial charge in [-0.3, -0.25) is 24.7 Å². The first kappa shape index (κ1) is 26.4. The van der Waals surface area contributed by atoms with Gasteiger partial charge in [0.25, 0.3) is 5.91 Å². The Morgan fingerprint density at radius 3 is 2.60 bits per heavy atom. The van der Waals surface area contributed by atoms with Crippen LogP contribution in [-0.4, -0.2) is 58.3 Å². The summed E-state index contributed by atoms with van der Waals surface area (Å²) in [7, 11) is 0. The number of fused-ring (bicyclic) bond motifs is 1. The third-order valence-electron chi connectivity index (χ3n) is 8.05. The van der Waals surface area contributed by atoms with Crippen LogP contribution < -0.4 is 15.5 Å². The smallest absolute Gasteiger partial charge is 0.255 e. The van der Waals surface area contributed by atoms with Crippen LogP contribution in [0.25, 0.3) is 11.3 Å². The maximum Gasteiger partial charge on any atom is 0.255 e. The Labute approximate surface area is 237 Å². The van der Waals surface area contributed by atoms with Gasteiger partial charge in [-0.2, -0.15) is 0 Å². The number of halogens is 1. The Morgan fingerprint density at radius 1 is 1.00 bits per heavy atom. The van der Waals surface area contributed by atoms with Crippen molar-refractivity contribution < 1.29 is 14.4 Å². The van der Waals surface area contributed by atoms with Gasteiger partial charge in [-0.15, -0.1) is 0 Å². The van der Waals surface area contributed by atoms with E-state index in [2.05, 4.69) is 31.6 Å². The number of hydrogen-bond acceptors (Lipinski definition) is 7. The number of imide groups is 1. The normalized spacial score (nSPS) is 19.6. The molecular weight excluding hydrogens is 528 g/mol. The minimum Gasteiger partial charge on any atom is -0.355 e. The predicted octanol–water partition coefficient (Wildman–Crippen LogP) is 3.56. The molecule has 4 heterocycles. The quantitative estimate of drug-likeness (QED) is 0.427. The first-order chi connectivity index (χ1) is 19.4. The van der Waals surface area contributed by atoms with Crippen molar-refractivity contribution in [1.29, 1.82) is 0 Å². The fourth-order valence-electron chi connectivity index (χ4n) is 5.81. The number of rotatable bonds is 7. The number of hydrogen-bond donors (Lipinski definition) is 2. The van der Waals surface area contributed by atoms with Crippen LogP contribution in [0.2, 0.25) is 5.02 Å². The highest BCUT2D eigenvalue weighted by Gasteiger charge is 2.39. The van der Waals surface area contributed by atoms with Crippen molar-refractivity contribution in [2.24, 2.45) is 5.92 Å². The summed E-state index contributed by atoms with van der Waals surface area (Å²) >= 11 is 6.10. The van der Waals surface area contributed by atoms with Crippen molar-refractivity contribution in [3.05, 3.63) is 76.6 Å². The molecule has 10 heteroatoms. The molecule has 1 aromatic heterocycles. The lowest BCUT2D eigenvalue weighted by atomic mass is 9.96. The fraction of sp³-hybridized carbons (Fsp3) is 0.367. The highest BCUT2D eigenvalue weighted by atomic mass is 35.5. The van der Waals surface area contributed by atoms with Crippen molar-refractivity contribution in [3.63, 3.8) is 0 Å². The molecule has 2 fully saturated rings. The van der Waals surface area contributed by atoms with E-state index in [0.717, 1.165) is 67.2 Å². The van der Waals surface area contributed by atoms with Gasteiger partial charge < -0.3 is 15.1 Å². The number of nitrogens with zero attached hydrogens (tertiary/aromatic N) is 4. The summed E-state index contributed by atoms with van der Waals surface area (Å²) in [4.78, 5) is 49.8. The van der Waals surface area contributed by atoms with Gasteiger partial charge in [0.05, 0.1) is 18.1 Å². The number of anilines is 1. The Kier molecular flexibility index (Phi) is 7.49. The second kappa shape index (κ2) is 11.3. The standard InChI is InChI=1S/C30H31ClN6O3/c31-23-3-1-2-21(13-23)25-16-34-27(17-33-25)36-10-8-19(9-11-36)14-32-15-20-4-5-24-22(12-20)18-37(30(24)40)26-6-7-28(38)35-29(26)39/h1-5,12-13,16-17,19,26,32H,6-11,14-15,18H2,(H,35,38,39). The number of aromatic nitrogens is 2. The second-order valence-corrected chi connectivity index (χ2v) is 11.2. The Morgan fingerprint density at radius 2 is 1.85 bits per heavy atom.